The van der Waals surface area contributed by atoms with Gasteiger partial charge in [-0.15, -0.1) is 0 Å². The van der Waals surface area contributed by atoms with Crippen LogP contribution in [0.3, 0.4) is 0 Å². The molecule has 0 amide bonds. The smallest absolute Gasteiger partial charge is 0.493 e. The van der Waals surface area contributed by atoms with Crippen molar-refractivity contribution in [1.82, 2.24) is 0 Å². The van der Waals surface area contributed by atoms with E-state index in [-0.39, 0.29) is 31.3 Å². The van der Waals surface area contributed by atoms with Crippen LogP contribution in [-0.2, 0) is 42.2 Å². The van der Waals surface area contributed by atoms with Crippen molar-refractivity contribution in [3.05, 3.63) is 102 Å². The molecule has 0 spiro atoms. The molecule has 0 fully saturated rings. The average Bonchev–Trinajstić information content (AvgIpc) is 3.14. The normalized spacial score (nSPS) is 12.6. The van der Waals surface area contributed by atoms with Crippen LogP contribution >= 0.6 is 0 Å². The molecule has 0 saturated carbocycles. The van der Waals surface area contributed by atoms with E-state index in [0.717, 1.165) is 61.0 Å². The third-order valence-corrected chi connectivity index (χ3v) is 6.41. The minimum atomic E-state index is 0. The zero-order chi connectivity index (χ0) is 22.4. The Balaban J connectivity index is 0.00000363. The van der Waals surface area contributed by atoms with Gasteiger partial charge in [0.1, 0.15) is 0 Å². The van der Waals surface area contributed by atoms with E-state index in [2.05, 4.69) is 77.1 Å². The summed E-state index contributed by atoms with van der Waals surface area (Å²) in [6, 6.07) is 13.6. The van der Waals surface area contributed by atoms with Gasteiger partial charge in [-0.2, -0.15) is 0 Å². The first-order valence-electron chi connectivity index (χ1n) is 12.2. The second-order valence-corrected chi connectivity index (χ2v) is 8.66. The fourth-order valence-corrected chi connectivity index (χ4v) is 4.45. The van der Waals surface area contributed by atoms with Gasteiger partial charge in [0.15, 0.2) is 0 Å². The van der Waals surface area contributed by atoms with E-state index in [4.69, 9.17) is 0 Å². The molecule has 2 aromatic carbocycles. The maximum atomic E-state index is 11.4. The van der Waals surface area contributed by atoms with E-state index in [1.807, 2.05) is 0 Å². The first kappa shape index (κ1) is 32.0. The van der Waals surface area contributed by atoms with Crippen LogP contribution in [0.2, 0.25) is 0 Å². The number of hydrogen-bond donors (Lipinski definition) is 0. The molecule has 0 aromatic heterocycles. The second kappa shape index (κ2) is 15.1. The van der Waals surface area contributed by atoms with Crippen LogP contribution in [0.15, 0.2) is 48.0 Å². The summed E-state index contributed by atoms with van der Waals surface area (Å²) in [6.07, 6.45) is 10.8. The maximum absolute atomic E-state index is 11.4. The quantitative estimate of drug-likeness (QED) is 0.134. The molecular formula is C31H44N2Ni. The van der Waals surface area contributed by atoms with Crippen LogP contribution in [0.5, 0.6) is 0 Å². The molecule has 1 heterocycles. The number of unbranched alkanes of at least 4 members (excludes halogenated alkanes) is 2. The number of benzene rings is 2. The fourth-order valence-electron chi connectivity index (χ4n) is 4.45. The number of aryl methyl sites for hydroxylation is 4. The standard InChI is InChI=1S/C29H38N2.2CH3.Ni/c1-6-11-12-13-25-20-28(26-16-21(7-2)14-22(8-3)17-26)31(30)29(25)27-18-23(9-4)15-24(10-5)19-27;;;/h14-20H,6-13H2,1-5H3;2*1H3;/q;2*-1;+2. The zero-order valence-corrected chi connectivity index (χ0v) is 23.4. The molecule has 0 radical (unpaired) electrons. The number of allylic oxidation sites excluding steroid dienone is 2. The molecule has 0 aliphatic carbocycles. The maximum Gasteiger partial charge on any atom is 2.00 e. The van der Waals surface area contributed by atoms with Gasteiger partial charge in [0.05, 0.1) is 0 Å². The minimum Gasteiger partial charge on any atom is -0.493 e. The molecule has 0 bridgehead atoms. The Labute approximate surface area is 220 Å². The summed E-state index contributed by atoms with van der Waals surface area (Å²) in [7, 11) is 0. The molecular weight excluding hydrogens is 459 g/mol. The van der Waals surface area contributed by atoms with Gasteiger partial charge < -0.3 is 20.4 Å². The summed E-state index contributed by atoms with van der Waals surface area (Å²) < 4.78 is 1.46. The van der Waals surface area contributed by atoms with Crippen LogP contribution in [0, 0.1) is 14.9 Å². The summed E-state index contributed by atoms with van der Waals surface area (Å²) >= 11 is 0. The Bertz CT molecular complexity index is 970. The zero-order valence-electron chi connectivity index (χ0n) is 22.4. The van der Waals surface area contributed by atoms with Crippen LogP contribution < -0.4 is 0 Å². The first-order chi connectivity index (χ1) is 15.0. The van der Waals surface area contributed by atoms with Gasteiger partial charge in [0.2, 0.25) is 11.4 Å². The Kier molecular flexibility index (Phi) is 14.2. The molecule has 0 saturated heterocycles. The van der Waals surface area contributed by atoms with Crippen molar-refractivity contribution < 1.29 is 21.2 Å². The van der Waals surface area contributed by atoms with Gasteiger partial charge in [-0.05, 0) is 85.0 Å². The Morgan fingerprint density at radius 2 is 1.09 bits per heavy atom. The molecule has 1 aliphatic rings. The molecule has 2 aromatic rings. The van der Waals surface area contributed by atoms with E-state index in [0.29, 0.717) is 0 Å². The Morgan fingerprint density at radius 3 is 1.50 bits per heavy atom. The summed E-state index contributed by atoms with van der Waals surface area (Å²) in [5.74, 6) is 0. The van der Waals surface area contributed by atoms with E-state index < -0.39 is 0 Å². The molecule has 3 heteroatoms. The van der Waals surface area contributed by atoms with Crippen LogP contribution in [-0.4, -0.2) is 4.70 Å². The van der Waals surface area contributed by atoms with Gasteiger partial charge >= 0.3 is 16.5 Å². The number of rotatable bonds is 10. The molecule has 0 atom stereocenters. The van der Waals surface area contributed by atoms with Gasteiger partial charge in [-0.25, -0.2) is 4.70 Å². The van der Waals surface area contributed by atoms with Crippen LogP contribution in [0.25, 0.3) is 16.9 Å². The Hall–Kier alpha value is -1.99. The molecule has 2 nitrogen and oxygen atoms in total. The molecule has 3 rings (SSSR count). The predicted octanol–water partition coefficient (Wildman–Crippen LogP) is 9.21. The minimum absolute atomic E-state index is 0. The van der Waals surface area contributed by atoms with Crippen molar-refractivity contribution in [2.45, 2.75) is 86.0 Å². The summed E-state index contributed by atoms with van der Waals surface area (Å²) in [5, 5.41) is 0. The van der Waals surface area contributed by atoms with Crippen molar-refractivity contribution in [1.29, 1.82) is 0 Å². The topological polar surface area (TPSA) is 25.3 Å². The average molecular weight is 503 g/mol. The van der Waals surface area contributed by atoms with Crippen molar-refractivity contribution >= 4 is 11.4 Å². The van der Waals surface area contributed by atoms with Gasteiger partial charge in [-0.1, -0.05) is 59.6 Å². The van der Waals surface area contributed by atoms with Crippen molar-refractivity contribution in [3.63, 3.8) is 0 Å². The molecule has 0 N–H and O–H groups in total. The first-order valence-corrected chi connectivity index (χ1v) is 12.2. The monoisotopic (exact) mass is 502 g/mol. The van der Waals surface area contributed by atoms with E-state index in [1.165, 1.54) is 45.4 Å². The van der Waals surface area contributed by atoms with Crippen LogP contribution in [0.4, 0.5) is 0 Å². The van der Waals surface area contributed by atoms with Crippen molar-refractivity contribution in [3.8, 4) is 0 Å². The van der Waals surface area contributed by atoms with Gasteiger partial charge in [-0.3, -0.25) is 0 Å². The van der Waals surface area contributed by atoms with E-state index in [1.54, 1.807) is 0 Å². The summed E-state index contributed by atoms with van der Waals surface area (Å²) in [4.78, 5) is 0. The molecule has 188 valence electrons. The van der Waals surface area contributed by atoms with Crippen molar-refractivity contribution in [2.75, 3.05) is 0 Å². The Morgan fingerprint density at radius 1 is 0.647 bits per heavy atom. The summed E-state index contributed by atoms with van der Waals surface area (Å²) in [6.45, 7) is 11.0. The van der Waals surface area contributed by atoms with Crippen molar-refractivity contribution in [2.24, 2.45) is 0 Å². The predicted molar refractivity (Wildman–Crippen MR) is 146 cm³/mol. The van der Waals surface area contributed by atoms with Gasteiger partial charge in [0, 0.05) is 22.8 Å². The molecule has 34 heavy (non-hydrogen) atoms. The van der Waals surface area contributed by atoms with Gasteiger partial charge in [0.25, 0.3) is 0 Å². The SMILES string of the molecule is CCCCCC1=C(c2cc(CC)cc(CC)c2)[N+](=[N-])C(c2cc(CC)cc(CC)c2)=C1.[CH3-].[CH3-].[Ni+2]. The largest absolute Gasteiger partial charge is 2.00 e. The third kappa shape index (κ3) is 7.25. The fraction of sp³-hybridized carbons (Fsp3) is 0.419. The number of hydrogen-bond acceptors (Lipinski definition) is 0. The second-order valence-electron chi connectivity index (χ2n) is 8.66. The number of nitrogens with zero attached hydrogens (tertiary/aromatic N) is 2. The molecule has 1 aliphatic heterocycles. The van der Waals surface area contributed by atoms with Crippen LogP contribution in [0.1, 0.15) is 93.7 Å². The third-order valence-electron chi connectivity index (χ3n) is 6.41. The summed E-state index contributed by atoms with van der Waals surface area (Å²) in [5.41, 5.74) is 22.1. The van der Waals surface area contributed by atoms with E-state index >= 15 is 0 Å². The molecule has 0 unspecified atom stereocenters. The van der Waals surface area contributed by atoms with E-state index in [9.17, 15) is 5.53 Å².